The highest BCUT2D eigenvalue weighted by molar-refractivity contribution is 6.51. The van der Waals surface area contributed by atoms with Crippen LogP contribution in [0.25, 0.3) is 5.76 Å². The smallest absolute Gasteiger partial charge is 0.300 e. The van der Waals surface area contributed by atoms with Gasteiger partial charge in [-0.05, 0) is 78.1 Å². The first-order valence-corrected chi connectivity index (χ1v) is 11.9. The van der Waals surface area contributed by atoms with E-state index in [4.69, 9.17) is 9.47 Å². The number of methoxy groups -OCH3 is 2. The molecule has 0 aromatic heterocycles. The Hall–Kier alpha value is -4.57. The molecule has 1 unspecified atom stereocenters. The summed E-state index contributed by atoms with van der Waals surface area (Å²) in [6.07, 6.45) is 0. The number of carbonyl (C=O) groups excluding carboxylic acids is 2. The number of ether oxygens (including phenoxy) is 2. The molecular weight excluding hydrogens is 468 g/mol. The number of amides is 1. The zero-order chi connectivity index (χ0) is 26.9. The van der Waals surface area contributed by atoms with Crippen LogP contribution in [-0.4, -0.2) is 31.0 Å². The fourth-order valence-electron chi connectivity index (χ4n) is 4.62. The Morgan fingerprint density at radius 1 is 1.00 bits per heavy atom. The SMILES string of the molecule is COc1ccc(C2/C(=C(\O)c3cc(C(C)C)c(OC)cc3C)C(=O)C(=O)N2c2ccc(C#N)cc2)cc1. The van der Waals surface area contributed by atoms with Crippen LogP contribution in [0.4, 0.5) is 5.69 Å². The van der Waals surface area contributed by atoms with Crippen LogP contribution in [0.3, 0.4) is 0 Å². The summed E-state index contributed by atoms with van der Waals surface area (Å²) in [7, 11) is 3.14. The number of hydrogen-bond acceptors (Lipinski definition) is 6. The quantitative estimate of drug-likeness (QED) is 0.270. The number of nitriles is 1. The van der Waals surface area contributed by atoms with Crippen LogP contribution in [0.15, 0.2) is 66.2 Å². The molecule has 1 N–H and O–H groups in total. The molecule has 1 amide bonds. The first kappa shape index (κ1) is 25.5. The third kappa shape index (κ3) is 4.54. The molecule has 1 atom stereocenters. The first-order chi connectivity index (χ1) is 17.7. The van der Waals surface area contributed by atoms with Crippen LogP contribution in [-0.2, 0) is 9.59 Å². The van der Waals surface area contributed by atoms with E-state index < -0.39 is 17.7 Å². The summed E-state index contributed by atoms with van der Waals surface area (Å²) in [5.41, 5.74) is 3.52. The van der Waals surface area contributed by atoms with Crippen LogP contribution in [0, 0.1) is 18.3 Å². The van der Waals surface area contributed by atoms with Gasteiger partial charge in [0.2, 0.25) is 0 Å². The Morgan fingerprint density at radius 3 is 2.19 bits per heavy atom. The van der Waals surface area contributed by atoms with Crippen molar-refractivity contribution in [1.29, 1.82) is 5.26 Å². The highest BCUT2D eigenvalue weighted by atomic mass is 16.5. The lowest BCUT2D eigenvalue weighted by atomic mass is 9.91. The maximum atomic E-state index is 13.5. The van der Waals surface area contributed by atoms with Crippen molar-refractivity contribution in [2.45, 2.75) is 32.7 Å². The number of rotatable bonds is 6. The summed E-state index contributed by atoms with van der Waals surface area (Å²) >= 11 is 0. The minimum Gasteiger partial charge on any atom is -0.507 e. The van der Waals surface area contributed by atoms with Crippen molar-refractivity contribution >= 4 is 23.1 Å². The van der Waals surface area contributed by atoms with E-state index in [2.05, 4.69) is 6.07 Å². The van der Waals surface area contributed by atoms with Gasteiger partial charge in [0.1, 0.15) is 17.3 Å². The fourth-order valence-corrected chi connectivity index (χ4v) is 4.62. The Bertz CT molecular complexity index is 1430. The highest BCUT2D eigenvalue weighted by Gasteiger charge is 2.47. The van der Waals surface area contributed by atoms with Crippen molar-refractivity contribution in [3.8, 4) is 17.6 Å². The van der Waals surface area contributed by atoms with Crippen LogP contribution in [0.2, 0.25) is 0 Å². The van der Waals surface area contributed by atoms with Gasteiger partial charge in [0.25, 0.3) is 11.7 Å². The standard InChI is InChI=1S/C30H28N2O5/c1-17(2)23-15-24(18(3)14-25(23)37-5)28(33)26-27(20-8-12-22(36-4)13-9-20)32(30(35)29(26)34)21-10-6-19(16-31)7-11-21/h6-15,17,27,33H,1-5H3/b28-26+. The number of aliphatic hydroxyl groups excluding tert-OH is 1. The molecule has 37 heavy (non-hydrogen) atoms. The second-order valence-corrected chi connectivity index (χ2v) is 9.16. The van der Waals surface area contributed by atoms with Crippen molar-refractivity contribution in [2.24, 2.45) is 0 Å². The number of Topliss-reactive ketones (excluding diaryl/α,β-unsaturated/α-hetero) is 1. The Kier molecular flexibility index (Phi) is 7.03. The molecule has 1 fully saturated rings. The van der Waals surface area contributed by atoms with E-state index in [1.54, 1.807) is 62.8 Å². The van der Waals surface area contributed by atoms with Crippen LogP contribution in [0.5, 0.6) is 11.5 Å². The van der Waals surface area contributed by atoms with Gasteiger partial charge in [-0.25, -0.2) is 0 Å². The minimum absolute atomic E-state index is 0.0116. The van der Waals surface area contributed by atoms with Gasteiger partial charge in [-0.15, -0.1) is 0 Å². The van der Waals surface area contributed by atoms with Gasteiger partial charge >= 0.3 is 0 Å². The minimum atomic E-state index is -0.886. The number of aliphatic hydroxyl groups is 1. The molecule has 1 aliphatic rings. The number of hydrogen-bond donors (Lipinski definition) is 1. The molecule has 3 aromatic rings. The molecule has 0 radical (unpaired) electrons. The molecular formula is C30H28N2O5. The van der Waals surface area contributed by atoms with Gasteiger partial charge in [-0.1, -0.05) is 26.0 Å². The molecule has 3 aromatic carbocycles. The summed E-state index contributed by atoms with van der Waals surface area (Å²) in [6, 6.07) is 18.2. The normalized spacial score (nSPS) is 16.7. The maximum absolute atomic E-state index is 13.5. The third-order valence-corrected chi connectivity index (χ3v) is 6.60. The fraction of sp³-hybridized carbons (Fsp3) is 0.233. The number of benzene rings is 3. The molecule has 7 heteroatoms. The number of anilines is 1. The van der Waals surface area contributed by atoms with E-state index in [0.717, 1.165) is 5.56 Å². The largest absolute Gasteiger partial charge is 0.507 e. The Labute approximate surface area is 216 Å². The molecule has 0 saturated carbocycles. The number of aryl methyl sites for hydroxylation is 1. The summed E-state index contributed by atoms with van der Waals surface area (Å²) < 4.78 is 10.8. The van der Waals surface area contributed by atoms with E-state index in [9.17, 15) is 20.0 Å². The maximum Gasteiger partial charge on any atom is 0.300 e. The van der Waals surface area contributed by atoms with Gasteiger partial charge < -0.3 is 14.6 Å². The Morgan fingerprint density at radius 2 is 1.65 bits per heavy atom. The monoisotopic (exact) mass is 496 g/mol. The third-order valence-electron chi connectivity index (χ3n) is 6.60. The number of nitrogens with zero attached hydrogens (tertiary/aromatic N) is 2. The van der Waals surface area contributed by atoms with Crippen molar-refractivity contribution in [2.75, 3.05) is 19.1 Å². The molecule has 7 nitrogen and oxygen atoms in total. The van der Waals surface area contributed by atoms with Crippen LogP contribution >= 0.6 is 0 Å². The average molecular weight is 497 g/mol. The lowest BCUT2D eigenvalue weighted by Crippen LogP contribution is -2.29. The van der Waals surface area contributed by atoms with Crippen LogP contribution < -0.4 is 14.4 Å². The molecule has 0 aliphatic carbocycles. The predicted octanol–water partition coefficient (Wildman–Crippen LogP) is 5.63. The lowest BCUT2D eigenvalue weighted by molar-refractivity contribution is -0.132. The predicted molar refractivity (Wildman–Crippen MR) is 141 cm³/mol. The van der Waals surface area contributed by atoms with E-state index in [1.807, 2.05) is 32.9 Å². The molecule has 4 rings (SSSR count). The first-order valence-electron chi connectivity index (χ1n) is 11.9. The summed E-state index contributed by atoms with van der Waals surface area (Å²) in [4.78, 5) is 28.2. The number of carbonyl (C=O) groups is 2. The van der Waals surface area contributed by atoms with Crippen molar-refractivity contribution in [3.05, 3.63) is 94.1 Å². The summed E-state index contributed by atoms with van der Waals surface area (Å²) in [6.45, 7) is 5.84. The van der Waals surface area contributed by atoms with E-state index in [0.29, 0.717) is 39.4 Å². The van der Waals surface area contributed by atoms with Gasteiger partial charge in [-0.3, -0.25) is 14.5 Å². The zero-order valence-corrected chi connectivity index (χ0v) is 21.4. The van der Waals surface area contributed by atoms with Gasteiger partial charge in [0, 0.05) is 11.3 Å². The summed E-state index contributed by atoms with van der Waals surface area (Å²) in [5, 5.41) is 20.8. The molecule has 1 heterocycles. The molecule has 1 saturated heterocycles. The molecule has 188 valence electrons. The van der Waals surface area contributed by atoms with Gasteiger partial charge in [0.05, 0.1) is 37.5 Å². The van der Waals surface area contributed by atoms with E-state index in [1.165, 1.54) is 4.90 Å². The van der Waals surface area contributed by atoms with Gasteiger partial charge in [-0.2, -0.15) is 5.26 Å². The van der Waals surface area contributed by atoms with Crippen molar-refractivity contribution in [1.82, 2.24) is 0 Å². The number of ketones is 1. The average Bonchev–Trinajstić information content (AvgIpc) is 3.18. The molecule has 0 bridgehead atoms. The lowest BCUT2D eigenvalue weighted by Gasteiger charge is -2.26. The second-order valence-electron chi connectivity index (χ2n) is 9.16. The highest BCUT2D eigenvalue weighted by Crippen LogP contribution is 2.43. The van der Waals surface area contributed by atoms with Gasteiger partial charge in [0.15, 0.2) is 0 Å². The molecule has 0 spiro atoms. The van der Waals surface area contributed by atoms with Crippen molar-refractivity contribution < 1.29 is 24.2 Å². The van der Waals surface area contributed by atoms with E-state index in [-0.39, 0.29) is 17.3 Å². The molecule has 1 aliphatic heterocycles. The zero-order valence-electron chi connectivity index (χ0n) is 21.4. The van der Waals surface area contributed by atoms with Crippen molar-refractivity contribution in [3.63, 3.8) is 0 Å². The topological polar surface area (TPSA) is 99.9 Å². The van der Waals surface area contributed by atoms with Crippen LogP contribution in [0.1, 0.15) is 53.6 Å². The summed E-state index contributed by atoms with van der Waals surface area (Å²) in [5.74, 6) is -0.398. The van der Waals surface area contributed by atoms with E-state index >= 15 is 0 Å². The Balaban J connectivity index is 1.97. The second kappa shape index (κ2) is 10.2.